The first kappa shape index (κ1) is 5.99. The Morgan fingerprint density at radius 1 is 2.00 bits per heavy atom. The van der Waals surface area contributed by atoms with Crippen LogP contribution in [0.4, 0.5) is 0 Å². The molecule has 3 nitrogen and oxygen atoms in total. The molecule has 0 aromatic rings. The highest BCUT2D eigenvalue weighted by Gasteiger charge is 1.97. The minimum Gasteiger partial charge on any atom is -0.385 e. The van der Waals surface area contributed by atoms with Gasteiger partial charge < -0.3 is 10.8 Å². The molecule has 0 aliphatic carbocycles. The first-order valence-electron chi connectivity index (χ1n) is 1.66. The number of aliphatic hydroxyl groups excluding tert-OH is 1. The number of terminal acetylenes is 1. The molecular formula is C4H6N2O. The van der Waals surface area contributed by atoms with Crippen molar-refractivity contribution in [2.45, 2.75) is 6.10 Å². The van der Waals surface area contributed by atoms with Crippen molar-refractivity contribution in [3.63, 3.8) is 0 Å². The van der Waals surface area contributed by atoms with E-state index in [4.69, 9.17) is 16.2 Å². The third kappa shape index (κ3) is 1.79. The Labute approximate surface area is 41.7 Å². The van der Waals surface area contributed by atoms with Crippen LogP contribution >= 0.6 is 0 Å². The van der Waals surface area contributed by atoms with Gasteiger partial charge in [-0.05, 0) is 0 Å². The molecule has 1 atom stereocenters. The molecule has 0 amide bonds. The lowest BCUT2D eigenvalue weighted by molar-refractivity contribution is 0.295. The number of nitrogens with one attached hydrogen (secondary N) is 1. The maximum atomic E-state index is 8.35. The van der Waals surface area contributed by atoms with Gasteiger partial charge in [-0.25, -0.2) is 0 Å². The number of rotatable bonds is 1. The van der Waals surface area contributed by atoms with E-state index in [1.165, 1.54) is 0 Å². The lowest BCUT2D eigenvalue weighted by Crippen LogP contribution is -2.25. The van der Waals surface area contributed by atoms with Gasteiger partial charge in [0.25, 0.3) is 0 Å². The Hall–Kier alpha value is -1.01. The summed E-state index contributed by atoms with van der Waals surface area (Å²) in [6.07, 6.45) is 3.44. The van der Waals surface area contributed by atoms with Gasteiger partial charge in [0, 0.05) is 0 Å². The van der Waals surface area contributed by atoms with Gasteiger partial charge in [-0.1, -0.05) is 5.92 Å². The van der Waals surface area contributed by atoms with Crippen molar-refractivity contribution < 1.29 is 5.11 Å². The van der Waals surface area contributed by atoms with Gasteiger partial charge in [-0.3, -0.25) is 5.41 Å². The van der Waals surface area contributed by atoms with E-state index < -0.39 is 6.10 Å². The summed E-state index contributed by atoms with van der Waals surface area (Å²) in [6.45, 7) is 0. The summed E-state index contributed by atoms with van der Waals surface area (Å²) in [5.41, 5.74) is 4.74. The van der Waals surface area contributed by atoms with Gasteiger partial charge in [-0.2, -0.15) is 0 Å². The normalized spacial score (nSPS) is 12.0. The Morgan fingerprint density at radius 2 is 2.43 bits per heavy atom. The fraction of sp³-hybridized carbons (Fsp3) is 0.250. The molecular weight excluding hydrogens is 92.1 g/mol. The third-order valence-electron chi connectivity index (χ3n) is 0.452. The molecule has 1 unspecified atom stereocenters. The summed E-state index contributed by atoms with van der Waals surface area (Å²) in [5, 5.41) is 14.8. The molecule has 3 heteroatoms. The Balaban J connectivity index is 3.63. The predicted octanol–water partition coefficient (Wildman–Crippen LogP) is -1.08. The van der Waals surface area contributed by atoms with E-state index in [-0.39, 0.29) is 5.84 Å². The molecule has 38 valence electrons. The molecule has 0 aromatic carbocycles. The zero-order chi connectivity index (χ0) is 5.86. The van der Waals surface area contributed by atoms with Crippen LogP contribution < -0.4 is 5.73 Å². The van der Waals surface area contributed by atoms with Crippen LogP contribution in [0.25, 0.3) is 0 Å². The molecule has 0 rings (SSSR count). The molecule has 7 heavy (non-hydrogen) atoms. The zero-order valence-electron chi connectivity index (χ0n) is 3.68. The lowest BCUT2D eigenvalue weighted by Gasteiger charge is -1.94. The van der Waals surface area contributed by atoms with Crippen LogP contribution in [0.3, 0.4) is 0 Å². The number of nitrogens with two attached hydrogens (primary N) is 1. The molecule has 0 heterocycles. The molecule has 0 spiro atoms. The fourth-order valence-electron chi connectivity index (χ4n) is 0.0898. The van der Waals surface area contributed by atoms with Gasteiger partial charge >= 0.3 is 0 Å². The molecule has 0 bridgehead atoms. The first-order chi connectivity index (χ1) is 3.18. The summed E-state index contributed by atoms with van der Waals surface area (Å²) in [4.78, 5) is 0. The monoisotopic (exact) mass is 98.0 g/mol. The van der Waals surface area contributed by atoms with E-state index in [0.29, 0.717) is 0 Å². The second-order valence-corrected chi connectivity index (χ2v) is 1.02. The molecule has 4 N–H and O–H groups in total. The van der Waals surface area contributed by atoms with Crippen molar-refractivity contribution in [3.05, 3.63) is 0 Å². The molecule has 0 fully saturated rings. The maximum Gasteiger partial charge on any atom is 0.171 e. The Morgan fingerprint density at radius 3 is 2.43 bits per heavy atom. The Kier molecular flexibility index (Phi) is 1.89. The van der Waals surface area contributed by atoms with Crippen LogP contribution in [0.15, 0.2) is 0 Å². The summed E-state index contributed by atoms with van der Waals surface area (Å²) >= 11 is 0. The number of hydrogen-bond donors (Lipinski definition) is 3. The van der Waals surface area contributed by atoms with Crippen LogP contribution in [0.1, 0.15) is 0 Å². The molecule has 0 aliphatic rings. The van der Waals surface area contributed by atoms with Crippen molar-refractivity contribution in [1.82, 2.24) is 0 Å². The number of aliphatic hydroxyl groups is 1. The first-order valence-corrected chi connectivity index (χ1v) is 1.66. The van der Waals surface area contributed by atoms with Gasteiger partial charge in [0.15, 0.2) is 6.10 Å². The highest BCUT2D eigenvalue weighted by Crippen LogP contribution is 1.72. The fourth-order valence-corrected chi connectivity index (χ4v) is 0.0898. The van der Waals surface area contributed by atoms with Crippen LogP contribution in [0.2, 0.25) is 0 Å². The molecule has 0 aromatic heterocycles. The van der Waals surface area contributed by atoms with E-state index >= 15 is 0 Å². The topological polar surface area (TPSA) is 70.1 Å². The predicted molar refractivity (Wildman–Crippen MR) is 26.8 cm³/mol. The summed E-state index contributed by atoms with van der Waals surface area (Å²) in [7, 11) is 0. The molecule has 0 saturated heterocycles. The SMILES string of the molecule is C#CC(O)C(=N)N. The molecule has 0 radical (unpaired) electrons. The van der Waals surface area contributed by atoms with Crippen molar-refractivity contribution in [2.24, 2.45) is 5.73 Å². The van der Waals surface area contributed by atoms with E-state index in [1.807, 2.05) is 5.92 Å². The minimum atomic E-state index is -1.21. The highest BCUT2D eigenvalue weighted by atomic mass is 16.3. The molecule has 0 saturated carbocycles. The van der Waals surface area contributed by atoms with E-state index in [9.17, 15) is 0 Å². The van der Waals surface area contributed by atoms with Crippen molar-refractivity contribution >= 4 is 5.84 Å². The van der Waals surface area contributed by atoms with Crippen LogP contribution in [-0.2, 0) is 0 Å². The summed E-state index contributed by atoms with van der Waals surface area (Å²) < 4.78 is 0. The molecule has 0 aliphatic heterocycles. The van der Waals surface area contributed by atoms with Crippen LogP contribution in [0.5, 0.6) is 0 Å². The second-order valence-electron chi connectivity index (χ2n) is 1.02. The van der Waals surface area contributed by atoms with E-state index in [0.717, 1.165) is 0 Å². The second kappa shape index (κ2) is 2.21. The maximum absolute atomic E-state index is 8.35. The quantitative estimate of drug-likeness (QED) is 0.222. The number of amidine groups is 1. The van der Waals surface area contributed by atoms with Gasteiger partial charge in [0.2, 0.25) is 0 Å². The standard InChI is InChI=1S/C4H6N2O/c1-2-3(7)4(5)6/h1,3,7H,(H3,5,6). The zero-order valence-corrected chi connectivity index (χ0v) is 3.68. The van der Waals surface area contributed by atoms with Crippen LogP contribution in [-0.4, -0.2) is 17.0 Å². The lowest BCUT2D eigenvalue weighted by atomic mass is 10.4. The van der Waals surface area contributed by atoms with Gasteiger partial charge in [0.05, 0.1) is 0 Å². The van der Waals surface area contributed by atoms with Crippen molar-refractivity contribution in [2.75, 3.05) is 0 Å². The average Bonchev–Trinajstić information content (AvgIpc) is 1.65. The van der Waals surface area contributed by atoms with E-state index in [2.05, 4.69) is 6.42 Å². The average molecular weight is 98.1 g/mol. The highest BCUT2D eigenvalue weighted by molar-refractivity contribution is 5.84. The van der Waals surface area contributed by atoms with Gasteiger partial charge in [-0.15, -0.1) is 6.42 Å². The largest absolute Gasteiger partial charge is 0.385 e. The van der Waals surface area contributed by atoms with Crippen molar-refractivity contribution in [3.8, 4) is 12.3 Å². The van der Waals surface area contributed by atoms with Crippen molar-refractivity contribution in [1.29, 1.82) is 5.41 Å². The minimum absolute atomic E-state index is 0.387. The van der Waals surface area contributed by atoms with Gasteiger partial charge in [0.1, 0.15) is 5.84 Å². The summed E-state index contributed by atoms with van der Waals surface area (Å²) in [5.74, 6) is 1.48. The van der Waals surface area contributed by atoms with E-state index in [1.54, 1.807) is 0 Å². The summed E-state index contributed by atoms with van der Waals surface area (Å²) in [6, 6.07) is 0. The Bertz CT molecular complexity index is 113. The van der Waals surface area contributed by atoms with Crippen LogP contribution in [0, 0.1) is 17.8 Å². The smallest absolute Gasteiger partial charge is 0.171 e. The number of hydrogen-bond acceptors (Lipinski definition) is 2. The third-order valence-corrected chi connectivity index (χ3v) is 0.452.